The van der Waals surface area contributed by atoms with E-state index in [9.17, 15) is 13.2 Å². The third-order valence-electron chi connectivity index (χ3n) is 2.52. The summed E-state index contributed by atoms with van der Waals surface area (Å²) < 4.78 is 41.0. The van der Waals surface area contributed by atoms with Gasteiger partial charge >= 0.3 is 6.36 Å². The van der Waals surface area contributed by atoms with Gasteiger partial charge in [-0.2, -0.15) is 0 Å². The molecule has 8 heteroatoms. The van der Waals surface area contributed by atoms with E-state index in [4.69, 9.17) is 11.5 Å². The van der Waals surface area contributed by atoms with Crippen molar-refractivity contribution < 1.29 is 17.9 Å². The van der Waals surface area contributed by atoms with E-state index in [-0.39, 0.29) is 23.8 Å². The molecule has 0 unspecified atom stereocenters. The lowest BCUT2D eigenvalue weighted by molar-refractivity contribution is -0.274. The number of nitrogen functional groups attached to an aromatic ring is 1. The number of hydrogen-bond acceptors (Lipinski definition) is 5. The summed E-state index contributed by atoms with van der Waals surface area (Å²) in [5, 5.41) is 0. The molecule has 0 bridgehead atoms. The average molecular weight is 284 g/mol. The average Bonchev–Trinajstić information content (AvgIpc) is 2.37. The van der Waals surface area contributed by atoms with E-state index in [1.807, 2.05) is 0 Å². The predicted molar refractivity (Wildman–Crippen MR) is 66.5 cm³/mol. The van der Waals surface area contributed by atoms with Gasteiger partial charge in [0.05, 0.1) is 0 Å². The summed E-state index contributed by atoms with van der Waals surface area (Å²) in [6.07, 6.45) is -1.95. The molecule has 1 heterocycles. The monoisotopic (exact) mass is 284 g/mol. The molecule has 106 valence electrons. The van der Waals surface area contributed by atoms with Gasteiger partial charge in [-0.3, -0.25) is 0 Å². The Bertz CT molecular complexity index is 599. The minimum atomic E-state index is -4.78. The molecule has 20 heavy (non-hydrogen) atoms. The molecule has 0 radical (unpaired) electrons. The topological polar surface area (TPSA) is 87.0 Å². The van der Waals surface area contributed by atoms with Crippen molar-refractivity contribution in [2.24, 2.45) is 5.73 Å². The van der Waals surface area contributed by atoms with E-state index in [0.717, 1.165) is 0 Å². The largest absolute Gasteiger partial charge is 0.573 e. The molecule has 1 aromatic carbocycles. The van der Waals surface area contributed by atoms with Crippen molar-refractivity contribution in [1.82, 2.24) is 9.97 Å². The smallest absolute Gasteiger partial charge is 0.405 e. The van der Waals surface area contributed by atoms with Crippen LogP contribution in [0.25, 0.3) is 11.1 Å². The highest BCUT2D eigenvalue weighted by Gasteiger charge is 2.32. The zero-order chi connectivity index (χ0) is 14.8. The van der Waals surface area contributed by atoms with Crippen LogP contribution in [-0.4, -0.2) is 16.3 Å². The van der Waals surface area contributed by atoms with Crippen LogP contribution >= 0.6 is 0 Å². The molecule has 0 aliphatic carbocycles. The number of halogens is 3. The first kappa shape index (κ1) is 14.1. The first-order valence-corrected chi connectivity index (χ1v) is 5.55. The lowest BCUT2D eigenvalue weighted by Gasteiger charge is -2.13. The Morgan fingerprint density at radius 2 is 1.75 bits per heavy atom. The third-order valence-corrected chi connectivity index (χ3v) is 2.52. The lowest BCUT2D eigenvalue weighted by Crippen LogP contribution is -2.18. The van der Waals surface area contributed by atoms with E-state index in [1.165, 1.54) is 24.5 Å². The first-order chi connectivity index (χ1) is 9.39. The zero-order valence-electron chi connectivity index (χ0n) is 10.2. The van der Waals surface area contributed by atoms with Gasteiger partial charge in [-0.25, -0.2) is 9.97 Å². The van der Waals surface area contributed by atoms with Crippen molar-refractivity contribution >= 4 is 5.95 Å². The second-order valence-electron chi connectivity index (χ2n) is 3.90. The van der Waals surface area contributed by atoms with Crippen LogP contribution in [0.15, 0.2) is 30.6 Å². The van der Waals surface area contributed by atoms with Crippen LogP contribution in [-0.2, 0) is 6.54 Å². The summed E-state index contributed by atoms with van der Waals surface area (Å²) in [6, 6.07) is 4.32. The van der Waals surface area contributed by atoms with Crippen molar-refractivity contribution in [2.75, 3.05) is 5.73 Å². The Labute approximate surface area is 112 Å². The zero-order valence-corrected chi connectivity index (χ0v) is 10.2. The fraction of sp³-hybridized carbons (Fsp3) is 0.167. The number of nitrogens with zero attached hydrogens (tertiary/aromatic N) is 2. The summed E-state index contributed by atoms with van der Waals surface area (Å²) in [6.45, 7) is -0.0655. The van der Waals surface area contributed by atoms with E-state index < -0.39 is 6.36 Å². The maximum Gasteiger partial charge on any atom is 0.573 e. The van der Waals surface area contributed by atoms with Gasteiger partial charge in [0.1, 0.15) is 5.75 Å². The van der Waals surface area contributed by atoms with Gasteiger partial charge in [-0.15, -0.1) is 13.2 Å². The highest BCUT2D eigenvalue weighted by Crippen LogP contribution is 2.30. The van der Waals surface area contributed by atoms with Crippen LogP contribution in [0.5, 0.6) is 5.75 Å². The number of benzene rings is 1. The Morgan fingerprint density at radius 3 is 2.30 bits per heavy atom. The Kier molecular flexibility index (Phi) is 3.75. The van der Waals surface area contributed by atoms with Gasteiger partial charge in [0.15, 0.2) is 0 Å². The van der Waals surface area contributed by atoms with Crippen LogP contribution in [0.4, 0.5) is 19.1 Å². The molecular formula is C12H11F3N4O. The number of ether oxygens (including phenoxy) is 1. The molecule has 5 nitrogen and oxygen atoms in total. The molecule has 2 rings (SSSR count). The van der Waals surface area contributed by atoms with E-state index in [1.54, 1.807) is 6.07 Å². The van der Waals surface area contributed by atoms with Crippen molar-refractivity contribution in [3.05, 3.63) is 36.2 Å². The molecule has 0 saturated carbocycles. The van der Waals surface area contributed by atoms with Gasteiger partial charge in [-0.1, -0.05) is 12.1 Å². The van der Waals surface area contributed by atoms with E-state index in [2.05, 4.69) is 14.7 Å². The van der Waals surface area contributed by atoms with Crippen LogP contribution < -0.4 is 16.2 Å². The normalized spacial score (nSPS) is 11.4. The summed E-state index contributed by atoms with van der Waals surface area (Å²) in [4.78, 5) is 7.56. The number of aromatic nitrogens is 2. The van der Waals surface area contributed by atoms with Crippen molar-refractivity contribution in [1.29, 1.82) is 0 Å². The maximum atomic E-state index is 12.3. The molecule has 0 spiro atoms. The van der Waals surface area contributed by atoms with Crippen LogP contribution in [0.1, 0.15) is 5.56 Å². The summed E-state index contributed by atoms with van der Waals surface area (Å²) >= 11 is 0. The molecule has 2 aromatic rings. The van der Waals surface area contributed by atoms with Crippen molar-refractivity contribution in [3.63, 3.8) is 0 Å². The minimum absolute atomic E-state index is 0.0655. The summed E-state index contributed by atoms with van der Waals surface area (Å²) in [5.41, 5.74) is 12.0. The van der Waals surface area contributed by atoms with Gasteiger partial charge in [-0.05, 0) is 11.6 Å². The van der Waals surface area contributed by atoms with E-state index in [0.29, 0.717) is 11.1 Å². The molecule has 0 saturated heterocycles. The summed E-state index contributed by atoms with van der Waals surface area (Å²) in [5.74, 6) is -0.256. The van der Waals surface area contributed by atoms with Crippen LogP contribution in [0.3, 0.4) is 0 Å². The number of hydrogen-bond donors (Lipinski definition) is 2. The molecule has 0 aliphatic rings. The molecule has 0 fully saturated rings. The van der Waals surface area contributed by atoms with Gasteiger partial charge < -0.3 is 16.2 Å². The van der Waals surface area contributed by atoms with Crippen molar-refractivity contribution in [3.8, 4) is 16.9 Å². The fourth-order valence-corrected chi connectivity index (χ4v) is 1.61. The molecular weight excluding hydrogens is 273 g/mol. The molecule has 0 atom stereocenters. The Hall–Kier alpha value is -2.35. The second kappa shape index (κ2) is 5.33. The number of alkyl halides is 3. The number of anilines is 1. The third kappa shape index (κ3) is 3.35. The summed E-state index contributed by atoms with van der Waals surface area (Å²) in [7, 11) is 0. The Morgan fingerprint density at radius 1 is 1.10 bits per heavy atom. The first-order valence-electron chi connectivity index (χ1n) is 5.55. The van der Waals surface area contributed by atoms with Crippen molar-refractivity contribution in [2.45, 2.75) is 12.9 Å². The van der Waals surface area contributed by atoms with E-state index >= 15 is 0 Å². The predicted octanol–water partition coefficient (Wildman–Crippen LogP) is 2.08. The maximum absolute atomic E-state index is 12.3. The molecule has 0 aliphatic heterocycles. The lowest BCUT2D eigenvalue weighted by atomic mass is 10.1. The molecule has 4 N–H and O–H groups in total. The Balaban J connectivity index is 2.41. The van der Waals surface area contributed by atoms with Gasteiger partial charge in [0.25, 0.3) is 0 Å². The van der Waals surface area contributed by atoms with Gasteiger partial charge in [0, 0.05) is 30.1 Å². The SMILES string of the molecule is NCc1ccc(-c2cnc(N)nc2)cc1OC(F)(F)F. The minimum Gasteiger partial charge on any atom is -0.405 e. The quantitative estimate of drug-likeness (QED) is 0.901. The number of nitrogens with two attached hydrogens (primary N) is 2. The molecule has 0 amide bonds. The van der Waals surface area contributed by atoms with Gasteiger partial charge in [0.2, 0.25) is 5.95 Å². The second-order valence-corrected chi connectivity index (χ2v) is 3.90. The van der Waals surface area contributed by atoms with Crippen LogP contribution in [0.2, 0.25) is 0 Å². The highest BCUT2D eigenvalue weighted by molar-refractivity contribution is 5.65. The standard InChI is InChI=1S/C12H11F3N4O/c13-12(14,15)20-10-3-7(1-2-8(10)4-16)9-5-18-11(17)19-6-9/h1-3,5-6H,4,16H2,(H2,17,18,19). The van der Waals surface area contributed by atoms with Crippen LogP contribution in [0, 0.1) is 0 Å². The highest BCUT2D eigenvalue weighted by atomic mass is 19.4. The fourth-order valence-electron chi connectivity index (χ4n) is 1.61. The molecule has 1 aromatic heterocycles. The number of rotatable bonds is 3.